The van der Waals surface area contributed by atoms with Crippen LogP contribution in [0.1, 0.15) is 11.3 Å². The van der Waals surface area contributed by atoms with Crippen LogP contribution in [-0.4, -0.2) is 9.97 Å². The maximum atomic E-state index is 11.0. The zero-order chi connectivity index (χ0) is 10.8. The van der Waals surface area contributed by atoms with Crippen LogP contribution in [0.5, 0.6) is 0 Å². The van der Waals surface area contributed by atoms with Gasteiger partial charge < -0.3 is 4.98 Å². The van der Waals surface area contributed by atoms with Crippen molar-refractivity contribution in [2.45, 2.75) is 13.8 Å². The van der Waals surface area contributed by atoms with E-state index >= 15 is 0 Å². The summed E-state index contributed by atoms with van der Waals surface area (Å²) in [6.07, 6.45) is 1.61. The zero-order valence-corrected chi connectivity index (χ0v) is 8.74. The Hall–Kier alpha value is -1.90. The Labute approximate surface area is 87.8 Å². The molecule has 0 saturated heterocycles. The van der Waals surface area contributed by atoms with E-state index < -0.39 is 0 Å². The Morgan fingerprint density at radius 3 is 2.40 bits per heavy atom. The first-order valence-electron chi connectivity index (χ1n) is 4.80. The van der Waals surface area contributed by atoms with E-state index in [1.54, 1.807) is 6.20 Å². The van der Waals surface area contributed by atoms with Crippen LogP contribution in [0.3, 0.4) is 0 Å². The van der Waals surface area contributed by atoms with Gasteiger partial charge in [-0.3, -0.25) is 0 Å². The minimum atomic E-state index is -0.302. The molecule has 0 bridgehead atoms. The number of rotatable bonds is 1. The molecular weight excluding hydrogens is 188 g/mol. The van der Waals surface area contributed by atoms with Gasteiger partial charge in [-0.05, 0) is 19.4 Å². The summed E-state index contributed by atoms with van der Waals surface area (Å²) in [5, 5.41) is 0. The number of aromatic nitrogens is 2. The van der Waals surface area contributed by atoms with E-state index in [-0.39, 0.29) is 5.69 Å². The van der Waals surface area contributed by atoms with Crippen LogP contribution < -0.4 is 5.69 Å². The summed E-state index contributed by atoms with van der Waals surface area (Å²) in [4.78, 5) is 17.4. The Bertz CT molecular complexity index is 526. The van der Waals surface area contributed by atoms with Gasteiger partial charge in [-0.2, -0.15) is 0 Å². The van der Waals surface area contributed by atoms with Crippen molar-refractivity contribution < 1.29 is 0 Å². The molecule has 0 saturated carbocycles. The van der Waals surface area contributed by atoms with Gasteiger partial charge in [0.05, 0.1) is 0 Å². The number of aromatic amines is 1. The highest BCUT2D eigenvalue weighted by Crippen LogP contribution is 2.20. The molecule has 1 N–H and O–H groups in total. The number of hydrogen-bond donors (Lipinski definition) is 1. The third kappa shape index (κ3) is 1.96. The van der Waals surface area contributed by atoms with Gasteiger partial charge in [0.2, 0.25) is 0 Å². The molecule has 0 aliphatic rings. The summed E-state index contributed by atoms with van der Waals surface area (Å²) in [7, 11) is 0. The summed E-state index contributed by atoms with van der Waals surface area (Å²) in [6, 6.07) is 8.13. The van der Waals surface area contributed by atoms with Crippen molar-refractivity contribution in [3.05, 3.63) is 52.2 Å². The molecule has 0 spiro atoms. The van der Waals surface area contributed by atoms with Crippen LogP contribution in [0.15, 0.2) is 35.3 Å². The molecule has 76 valence electrons. The van der Waals surface area contributed by atoms with E-state index in [4.69, 9.17) is 0 Å². The van der Waals surface area contributed by atoms with Gasteiger partial charge in [0, 0.05) is 17.5 Å². The van der Waals surface area contributed by atoms with Crippen molar-refractivity contribution >= 4 is 0 Å². The van der Waals surface area contributed by atoms with Crippen molar-refractivity contribution in [2.75, 3.05) is 0 Å². The van der Waals surface area contributed by atoms with Crippen molar-refractivity contribution in [3.8, 4) is 11.1 Å². The second kappa shape index (κ2) is 3.69. The van der Waals surface area contributed by atoms with Crippen LogP contribution in [-0.2, 0) is 0 Å². The minimum absolute atomic E-state index is 0.302. The molecule has 2 aromatic rings. The number of benzene rings is 1. The molecule has 0 aliphatic carbocycles. The van der Waals surface area contributed by atoms with E-state index in [1.807, 2.05) is 38.1 Å². The monoisotopic (exact) mass is 200 g/mol. The average molecular weight is 200 g/mol. The first-order valence-corrected chi connectivity index (χ1v) is 4.80. The maximum Gasteiger partial charge on any atom is 0.345 e. The van der Waals surface area contributed by atoms with Gasteiger partial charge in [0.25, 0.3) is 0 Å². The molecule has 0 atom stereocenters. The van der Waals surface area contributed by atoms with Crippen molar-refractivity contribution in [1.29, 1.82) is 0 Å². The maximum absolute atomic E-state index is 11.0. The van der Waals surface area contributed by atoms with E-state index in [2.05, 4.69) is 9.97 Å². The predicted molar refractivity (Wildman–Crippen MR) is 59.8 cm³/mol. The lowest BCUT2D eigenvalue weighted by Crippen LogP contribution is -2.11. The lowest BCUT2D eigenvalue weighted by molar-refractivity contribution is 1.03. The largest absolute Gasteiger partial charge is 0.345 e. The topological polar surface area (TPSA) is 45.8 Å². The van der Waals surface area contributed by atoms with E-state index in [0.717, 1.165) is 16.8 Å². The van der Waals surface area contributed by atoms with E-state index in [1.165, 1.54) is 5.56 Å². The highest BCUT2D eigenvalue weighted by Gasteiger charge is 2.02. The number of H-pyrrole nitrogens is 1. The number of aryl methyl sites for hydroxylation is 2. The number of nitrogens with zero attached hydrogens (tertiary/aromatic N) is 1. The number of hydrogen-bond acceptors (Lipinski definition) is 2. The van der Waals surface area contributed by atoms with Gasteiger partial charge in [-0.1, -0.05) is 29.8 Å². The van der Waals surface area contributed by atoms with Crippen molar-refractivity contribution in [3.63, 3.8) is 0 Å². The Kier molecular flexibility index (Phi) is 2.37. The van der Waals surface area contributed by atoms with E-state index in [9.17, 15) is 4.79 Å². The molecule has 0 radical (unpaired) electrons. The van der Waals surface area contributed by atoms with Gasteiger partial charge in [-0.15, -0.1) is 0 Å². The second-order valence-corrected chi connectivity index (χ2v) is 3.59. The lowest BCUT2D eigenvalue weighted by Gasteiger charge is -2.04. The third-order valence-corrected chi connectivity index (χ3v) is 2.37. The lowest BCUT2D eigenvalue weighted by atomic mass is 10.1. The highest BCUT2D eigenvalue weighted by molar-refractivity contribution is 5.64. The molecule has 0 unspecified atom stereocenters. The molecule has 1 heterocycles. The molecule has 1 aromatic carbocycles. The SMILES string of the molecule is Cc1ccc(-c2cnc(=O)[nH]c2C)cc1. The summed E-state index contributed by atoms with van der Waals surface area (Å²) in [5.74, 6) is 0. The standard InChI is InChI=1S/C12H12N2O/c1-8-3-5-10(6-4-8)11-7-13-12(15)14-9(11)2/h3-7H,1-2H3,(H,13,14,15). The molecular formula is C12H12N2O. The van der Waals surface area contributed by atoms with Gasteiger partial charge in [-0.25, -0.2) is 9.78 Å². The third-order valence-electron chi connectivity index (χ3n) is 2.37. The molecule has 15 heavy (non-hydrogen) atoms. The predicted octanol–water partition coefficient (Wildman–Crippen LogP) is 2.05. The minimum Gasteiger partial charge on any atom is -0.309 e. The van der Waals surface area contributed by atoms with Crippen molar-refractivity contribution in [1.82, 2.24) is 9.97 Å². The van der Waals surface area contributed by atoms with Crippen LogP contribution in [0.2, 0.25) is 0 Å². The first kappa shape index (κ1) is 9.65. The molecule has 0 fully saturated rings. The van der Waals surface area contributed by atoms with Crippen LogP contribution >= 0.6 is 0 Å². The Morgan fingerprint density at radius 1 is 1.13 bits per heavy atom. The summed E-state index contributed by atoms with van der Waals surface area (Å²) >= 11 is 0. The van der Waals surface area contributed by atoms with Gasteiger partial charge in [0.1, 0.15) is 0 Å². The average Bonchev–Trinajstić information content (AvgIpc) is 2.20. The van der Waals surface area contributed by atoms with Crippen LogP contribution in [0.4, 0.5) is 0 Å². The number of nitrogens with one attached hydrogen (secondary N) is 1. The highest BCUT2D eigenvalue weighted by atomic mass is 16.1. The molecule has 1 aromatic heterocycles. The fourth-order valence-electron chi connectivity index (χ4n) is 1.50. The van der Waals surface area contributed by atoms with Gasteiger partial charge in [0.15, 0.2) is 0 Å². The summed E-state index contributed by atoms with van der Waals surface area (Å²) < 4.78 is 0. The molecule has 3 heteroatoms. The summed E-state index contributed by atoms with van der Waals surface area (Å²) in [5.41, 5.74) is 3.80. The zero-order valence-electron chi connectivity index (χ0n) is 8.74. The summed E-state index contributed by atoms with van der Waals surface area (Å²) in [6.45, 7) is 3.92. The normalized spacial score (nSPS) is 10.3. The molecule has 0 amide bonds. The smallest absolute Gasteiger partial charge is 0.309 e. The second-order valence-electron chi connectivity index (χ2n) is 3.59. The fourth-order valence-corrected chi connectivity index (χ4v) is 1.50. The molecule has 2 rings (SSSR count). The molecule has 3 nitrogen and oxygen atoms in total. The first-order chi connectivity index (χ1) is 7.16. The van der Waals surface area contributed by atoms with Crippen LogP contribution in [0.25, 0.3) is 11.1 Å². The quantitative estimate of drug-likeness (QED) is 0.765. The van der Waals surface area contributed by atoms with E-state index in [0.29, 0.717) is 0 Å². The van der Waals surface area contributed by atoms with Gasteiger partial charge >= 0.3 is 5.69 Å². The van der Waals surface area contributed by atoms with Crippen LogP contribution in [0, 0.1) is 13.8 Å². The van der Waals surface area contributed by atoms with Crippen molar-refractivity contribution in [2.24, 2.45) is 0 Å². The Balaban J connectivity index is 2.54. The Morgan fingerprint density at radius 2 is 1.80 bits per heavy atom. The molecule has 0 aliphatic heterocycles. The fraction of sp³-hybridized carbons (Fsp3) is 0.167.